The molecule has 1 aliphatic carbocycles. The summed E-state index contributed by atoms with van der Waals surface area (Å²) in [7, 11) is -2.03. The molecule has 2 N–H and O–H groups in total. The molecule has 7 heteroatoms. The highest BCUT2D eigenvalue weighted by Gasteiger charge is 2.25. The molecule has 1 heterocycles. The molecule has 1 fully saturated rings. The van der Waals surface area contributed by atoms with Crippen LogP contribution < -0.4 is 10.0 Å². The van der Waals surface area contributed by atoms with E-state index in [1.54, 1.807) is 19.9 Å². The Morgan fingerprint density at radius 2 is 2.20 bits per heavy atom. The number of rotatable bonds is 8. The third kappa shape index (κ3) is 4.05. The summed E-state index contributed by atoms with van der Waals surface area (Å²) in [6.45, 7) is 4.31. The number of methoxy groups -OCH3 is 1. The Morgan fingerprint density at radius 3 is 2.80 bits per heavy atom. The summed E-state index contributed by atoms with van der Waals surface area (Å²) in [6.07, 6.45) is 2.36. The van der Waals surface area contributed by atoms with E-state index in [2.05, 4.69) is 10.0 Å². The van der Waals surface area contributed by atoms with Gasteiger partial charge in [-0.3, -0.25) is 0 Å². The van der Waals surface area contributed by atoms with Crippen molar-refractivity contribution in [1.82, 2.24) is 10.0 Å². The maximum Gasteiger partial charge on any atom is 0.244 e. The largest absolute Gasteiger partial charge is 0.464 e. The second-order valence-electron chi connectivity index (χ2n) is 5.27. The summed E-state index contributed by atoms with van der Waals surface area (Å²) in [5.41, 5.74) is 0. The van der Waals surface area contributed by atoms with Crippen LogP contribution in [0.3, 0.4) is 0 Å². The highest BCUT2D eigenvalue weighted by molar-refractivity contribution is 7.89. The van der Waals surface area contributed by atoms with Crippen molar-refractivity contribution in [2.75, 3.05) is 13.7 Å². The predicted molar refractivity (Wildman–Crippen MR) is 75.0 cm³/mol. The lowest BCUT2D eigenvalue weighted by atomic mass is 10.4. The zero-order chi connectivity index (χ0) is 14.8. The average molecular weight is 302 g/mol. The van der Waals surface area contributed by atoms with Gasteiger partial charge in [0, 0.05) is 25.3 Å². The number of nitrogens with one attached hydrogen (secondary N) is 2. The molecule has 1 aromatic heterocycles. The molecule has 0 saturated heterocycles. The van der Waals surface area contributed by atoms with Gasteiger partial charge in [0.1, 0.15) is 16.4 Å². The van der Waals surface area contributed by atoms with Gasteiger partial charge in [-0.15, -0.1) is 0 Å². The van der Waals surface area contributed by atoms with Gasteiger partial charge in [-0.2, -0.15) is 0 Å². The smallest absolute Gasteiger partial charge is 0.244 e. The monoisotopic (exact) mass is 302 g/mol. The highest BCUT2D eigenvalue weighted by Crippen LogP contribution is 2.23. The first-order valence-electron chi connectivity index (χ1n) is 6.76. The molecule has 0 aromatic carbocycles. The first-order valence-corrected chi connectivity index (χ1v) is 8.24. The van der Waals surface area contributed by atoms with Gasteiger partial charge in [0.15, 0.2) is 0 Å². The van der Waals surface area contributed by atoms with E-state index < -0.39 is 10.0 Å². The van der Waals surface area contributed by atoms with E-state index in [1.165, 1.54) is 20.0 Å². The molecule has 1 aromatic rings. The van der Waals surface area contributed by atoms with Gasteiger partial charge in [-0.05, 0) is 26.7 Å². The molecule has 2 rings (SSSR count). The van der Waals surface area contributed by atoms with Gasteiger partial charge in [0.25, 0.3) is 0 Å². The number of aryl methyl sites for hydroxylation is 1. The fraction of sp³-hybridized carbons (Fsp3) is 0.692. The van der Waals surface area contributed by atoms with Gasteiger partial charge < -0.3 is 14.5 Å². The fourth-order valence-electron chi connectivity index (χ4n) is 2.02. The molecule has 0 aliphatic heterocycles. The summed E-state index contributed by atoms with van der Waals surface area (Å²) in [5, 5.41) is 3.30. The molecule has 1 aliphatic rings. The molecular weight excluding hydrogens is 280 g/mol. The van der Waals surface area contributed by atoms with E-state index in [0.717, 1.165) is 0 Å². The Bertz CT molecular complexity index is 549. The van der Waals surface area contributed by atoms with Gasteiger partial charge in [-0.1, -0.05) is 0 Å². The van der Waals surface area contributed by atoms with E-state index in [0.29, 0.717) is 30.7 Å². The maximum atomic E-state index is 12.3. The first-order chi connectivity index (χ1) is 9.42. The molecule has 20 heavy (non-hydrogen) atoms. The zero-order valence-corrected chi connectivity index (χ0v) is 12.9. The topological polar surface area (TPSA) is 80.6 Å². The lowest BCUT2D eigenvalue weighted by Crippen LogP contribution is -2.35. The van der Waals surface area contributed by atoms with Gasteiger partial charge in [0.2, 0.25) is 10.0 Å². The molecule has 0 radical (unpaired) electrons. The molecule has 1 saturated carbocycles. The van der Waals surface area contributed by atoms with E-state index in [9.17, 15) is 8.42 Å². The fourth-order valence-corrected chi connectivity index (χ4v) is 3.45. The molecule has 0 amide bonds. The van der Waals surface area contributed by atoms with Crippen LogP contribution in [0.2, 0.25) is 0 Å². The van der Waals surface area contributed by atoms with Crippen LogP contribution in [0.15, 0.2) is 15.4 Å². The van der Waals surface area contributed by atoms with E-state index in [1.807, 2.05) is 0 Å². The Kier molecular flexibility index (Phi) is 4.85. The summed E-state index contributed by atoms with van der Waals surface area (Å²) in [6, 6.07) is 1.86. The maximum absolute atomic E-state index is 12.3. The summed E-state index contributed by atoms with van der Waals surface area (Å²) >= 11 is 0. The van der Waals surface area contributed by atoms with Crippen LogP contribution in [0.4, 0.5) is 0 Å². The third-order valence-corrected chi connectivity index (χ3v) is 4.83. The van der Waals surface area contributed by atoms with E-state index >= 15 is 0 Å². The van der Waals surface area contributed by atoms with Gasteiger partial charge in [0.05, 0.1) is 13.2 Å². The van der Waals surface area contributed by atoms with Crippen molar-refractivity contribution in [1.29, 1.82) is 0 Å². The second-order valence-corrected chi connectivity index (χ2v) is 6.95. The predicted octanol–water partition coefficient (Wildman–Crippen LogP) is 1.15. The number of sulfonamides is 1. The highest BCUT2D eigenvalue weighted by atomic mass is 32.2. The number of hydrogen-bond donors (Lipinski definition) is 2. The molecule has 1 atom stereocenters. The van der Waals surface area contributed by atoms with Crippen molar-refractivity contribution < 1.29 is 17.6 Å². The molecule has 6 nitrogen and oxygen atoms in total. The number of furan rings is 1. The second kappa shape index (κ2) is 6.26. The minimum Gasteiger partial charge on any atom is -0.464 e. The summed E-state index contributed by atoms with van der Waals surface area (Å²) in [4.78, 5) is 0.202. The van der Waals surface area contributed by atoms with Crippen LogP contribution in [0.25, 0.3) is 0 Å². The van der Waals surface area contributed by atoms with Gasteiger partial charge >= 0.3 is 0 Å². The van der Waals surface area contributed by atoms with E-state index in [4.69, 9.17) is 9.15 Å². The lowest BCUT2D eigenvalue weighted by Gasteiger charge is -2.12. The van der Waals surface area contributed by atoms with Crippen molar-refractivity contribution in [2.45, 2.75) is 50.2 Å². The SMILES string of the molecule is COCC(C)NS(=O)(=O)c1cc(CNC2CC2)oc1C. The number of hydrogen-bond acceptors (Lipinski definition) is 5. The van der Waals surface area contributed by atoms with Crippen LogP contribution in [0.5, 0.6) is 0 Å². The molecule has 1 unspecified atom stereocenters. The molecule has 114 valence electrons. The normalized spacial score (nSPS) is 17.4. The Labute approximate surface area is 119 Å². The molecule has 0 bridgehead atoms. The van der Waals surface area contributed by atoms with Crippen LogP contribution in [0, 0.1) is 6.92 Å². The van der Waals surface area contributed by atoms with Crippen molar-refractivity contribution in [3.8, 4) is 0 Å². The molecular formula is C13H22N2O4S. The summed E-state index contributed by atoms with van der Waals surface area (Å²) in [5.74, 6) is 1.06. The third-order valence-electron chi connectivity index (χ3n) is 3.13. The standard InChI is InChI=1S/C13H22N2O4S/c1-9(8-18-3)15-20(16,17)13-6-12(19-10(13)2)7-14-11-4-5-11/h6,9,11,14-15H,4-5,7-8H2,1-3H3. The first kappa shape index (κ1) is 15.5. The zero-order valence-electron chi connectivity index (χ0n) is 12.1. The van der Waals surface area contributed by atoms with Crippen molar-refractivity contribution in [2.24, 2.45) is 0 Å². The average Bonchev–Trinajstić information content (AvgIpc) is 3.09. The Morgan fingerprint density at radius 1 is 1.50 bits per heavy atom. The van der Waals surface area contributed by atoms with Crippen molar-refractivity contribution in [3.63, 3.8) is 0 Å². The quantitative estimate of drug-likeness (QED) is 0.753. The number of ether oxygens (including phenoxy) is 1. The van der Waals surface area contributed by atoms with Crippen LogP contribution in [-0.2, 0) is 21.3 Å². The summed E-state index contributed by atoms with van der Waals surface area (Å²) < 4.78 is 37.5. The van der Waals surface area contributed by atoms with Crippen molar-refractivity contribution in [3.05, 3.63) is 17.6 Å². The Hall–Kier alpha value is -0.890. The minimum absolute atomic E-state index is 0.202. The van der Waals surface area contributed by atoms with Gasteiger partial charge in [-0.25, -0.2) is 13.1 Å². The van der Waals surface area contributed by atoms with Crippen LogP contribution in [0.1, 0.15) is 31.3 Å². The minimum atomic E-state index is -3.57. The lowest BCUT2D eigenvalue weighted by molar-refractivity contribution is 0.180. The Balaban J connectivity index is 2.05. The van der Waals surface area contributed by atoms with Crippen LogP contribution >= 0.6 is 0 Å². The van der Waals surface area contributed by atoms with Crippen molar-refractivity contribution >= 4 is 10.0 Å². The van der Waals surface area contributed by atoms with E-state index in [-0.39, 0.29) is 10.9 Å². The van der Waals surface area contributed by atoms with Crippen LogP contribution in [-0.4, -0.2) is 34.2 Å². The molecule has 0 spiro atoms.